The summed E-state index contributed by atoms with van der Waals surface area (Å²) in [4.78, 5) is 12.6. The van der Waals surface area contributed by atoms with Crippen LogP contribution in [0.1, 0.15) is 21.5 Å². The summed E-state index contributed by atoms with van der Waals surface area (Å²) < 4.78 is 56.6. The van der Waals surface area contributed by atoms with Crippen molar-refractivity contribution in [1.29, 1.82) is 0 Å². The number of nitrogens with one attached hydrogen (secondary N) is 3. The van der Waals surface area contributed by atoms with Crippen LogP contribution < -0.4 is 14.8 Å². The molecule has 3 N–H and O–H groups in total. The van der Waals surface area contributed by atoms with Crippen molar-refractivity contribution in [3.05, 3.63) is 111 Å². The lowest BCUT2D eigenvalue weighted by Crippen LogP contribution is -2.17. The average molecular weight is 639 g/mol. The standard InChI is InChI=1S/C27H22Cl3N3O5S2/c1-16-3-10-25(17(2)11-16)33-40(37,38)26-12-18(4-9-24(26)30)27(34)31-21-5-7-23(8-6-21)39(35,36)32-22-14-19(28)13-20(29)15-22/h3-15,32-33H,1-2H3,(H,31,34). The molecule has 0 bridgehead atoms. The van der Waals surface area contributed by atoms with E-state index >= 15 is 0 Å². The van der Waals surface area contributed by atoms with Crippen LogP contribution in [0.25, 0.3) is 0 Å². The second-order valence-electron chi connectivity index (χ2n) is 8.81. The van der Waals surface area contributed by atoms with E-state index in [0.717, 1.165) is 11.1 Å². The summed E-state index contributed by atoms with van der Waals surface area (Å²) in [5, 5.41) is 3.09. The predicted molar refractivity (Wildman–Crippen MR) is 160 cm³/mol. The molecule has 1 amide bonds. The Labute approximate surface area is 247 Å². The zero-order valence-corrected chi connectivity index (χ0v) is 24.9. The van der Waals surface area contributed by atoms with Gasteiger partial charge in [-0.2, -0.15) is 0 Å². The first kappa shape index (κ1) is 29.7. The molecule has 0 saturated heterocycles. The maximum Gasteiger partial charge on any atom is 0.263 e. The summed E-state index contributed by atoms with van der Waals surface area (Å²) in [7, 11) is -8.08. The minimum absolute atomic E-state index is 0.0293. The normalized spacial score (nSPS) is 11.6. The minimum Gasteiger partial charge on any atom is -0.322 e. The fourth-order valence-electron chi connectivity index (χ4n) is 3.73. The fraction of sp³-hybridized carbons (Fsp3) is 0.0741. The van der Waals surface area contributed by atoms with E-state index in [1.54, 1.807) is 19.1 Å². The Kier molecular flexibility index (Phi) is 8.67. The molecular weight excluding hydrogens is 617 g/mol. The molecule has 208 valence electrons. The highest BCUT2D eigenvalue weighted by Gasteiger charge is 2.22. The van der Waals surface area contributed by atoms with Crippen LogP contribution in [0.5, 0.6) is 0 Å². The molecule has 4 aromatic carbocycles. The molecule has 0 aliphatic carbocycles. The average Bonchev–Trinajstić information content (AvgIpc) is 2.85. The van der Waals surface area contributed by atoms with Crippen LogP contribution in [0.3, 0.4) is 0 Å². The summed E-state index contributed by atoms with van der Waals surface area (Å²) in [5.74, 6) is -0.623. The molecule has 0 spiro atoms. The molecule has 0 unspecified atom stereocenters. The molecule has 0 aromatic heterocycles. The molecule has 40 heavy (non-hydrogen) atoms. The number of carbonyl (C=O) groups excluding carboxylic acids is 1. The summed E-state index contributed by atoms with van der Waals surface area (Å²) in [6, 6.07) is 18.8. The Morgan fingerprint density at radius 3 is 1.95 bits per heavy atom. The molecule has 8 nitrogen and oxygen atoms in total. The van der Waals surface area contributed by atoms with Crippen molar-refractivity contribution >= 4 is 77.8 Å². The van der Waals surface area contributed by atoms with Crippen molar-refractivity contribution < 1.29 is 21.6 Å². The number of halogens is 3. The lowest BCUT2D eigenvalue weighted by Gasteiger charge is -2.13. The van der Waals surface area contributed by atoms with Crippen LogP contribution in [0.15, 0.2) is 88.7 Å². The van der Waals surface area contributed by atoms with Gasteiger partial charge < -0.3 is 5.32 Å². The van der Waals surface area contributed by atoms with Gasteiger partial charge in [-0.05, 0) is 86.1 Å². The van der Waals surface area contributed by atoms with Crippen LogP contribution in [0, 0.1) is 13.8 Å². The van der Waals surface area contributed by atoms with E-state index in [4.69, 9.17) is 34.8 Å². The first-order valence-corrected chi connectivity index (χ1v) is 15.6. The highest BCUT2D eigenvalue weighted by molar-refractivity contribution is 7.93. The molecule has 0 saturated carbocycles. The summed E-state index contributed by atoms with van der Waals surface area (Å²) in [5.41, 5.74) is 2.59. The Morgan fingerprint density at radius 2 is 1.32 bits per heavy atom. The molecule has 0 fully saturated rings. The van der Waals surface area contributed by atoms with Gasteiger partial charge in [0.2, 0.25) is 0 Å². The zero-order valence-electron chi connectivity index (χ0n) is 21.0. The summed E-state index contributed by atoms with van der Waals surface area (Å²) in [6.45, 7) is 3.67. The third-order valence-electron chi connectivity index (χ3n) is 5.65. The van der Waals surface area contributed by atoms with Crippen molar-refractivity contribution in [2.45, 2.75) is 23.6 Å². The van der Waals surface area contributed by atoms with Crippen molar-refractivity contribution in [1.82, 2.24) is 0 Å². The van der Waals surface area contributed by atoms with Gasteiger partial charge in [0.25, 0.3) is 26.0 Å². The number of rotatable bonds is 8. The van der Waals surface area contributed by atoms with Crippen LogP contribution in [0.2, 0.25) is 15.1 Å². The molecule has 0 heterocycles. The highest BCUT2D eigenvalue weighted by atomic mass is 35.5. The van der Waals surface area contributed by atoms with Crippen molar-refractivity contribution in [2.75, 3.05) is 14.8 Å². The van der Waals surface area contributed by atoms with Gasteiger partial charge in [0.1, 0.15) is 4.90 Å². The number of sulfonamides is 2. The van der Waals surface area contributed by atoms with Crippen LogP contribution in [-0.4, -0.2) is 22.7 Å². The third kappa shape index (κ3) is 7.07. The molecular formula is C27H22Cl3N3O5S2. The van der Waals surface area contributed by atoms with Gasteiger partial charge in [-0.3, -0.25) is 14.2 Å². The highest BCUT2D eigenvalue weighted by Crippen LogP contribution is 2.28. The number of hydrogen-bond acceptors (Lipinski definition) is 5. The maximum atomic E-state index is 13.1. The quantitative estimate of drug-likeness (QED) is 0.190. The van der Waals surface area contributed by atoms with E-state index in [2.05, 4.69) is 14.8 Å². The SMILES string of the molecule is Cc1ccc(NS(=O)(=O)c2cc(C(=O)Nc3ccc(S(=O)(=O)Nc4cc(Cl)cc(Cl)c4)cc3)ccc2Cl)c(C)c1. The zero-order chi connectivity index (χ0) is 29.2. The number of benzene rings is 4. The first-order valence-electron chi connectivity index (χ1n) is 11.5. The molecule has 13 heteroatoms. The van der Waals surface area contributed by atoms with Crippen molar-refractivity contribution in [2.24, 2.45) is 0 Å². The maximum absolute atomic E-state index is 13.1. The van der Waals surface area contributed by atoms with E-state index in [1.807, 2.05) is 13.0 Å². The Balaban J connectivity index is 1.51. The molecule has 0 aliphatic heterocycles. The Bertz CT molecular complexity index is 1810. The monoisotopic (exact) mass is 637 g/mol. The van der Waals surface area contributed by atoms with Gasteiger partial charge in [-0.15, -0.1) is 0 Å². The van der Waals surface area contributed by atoms with Crippen LogP contribution in [0.4, 0.5) is 17.1 Å². The van der Waals surface area contributed by atoms with E-state index in [0.29, 0.717) is 5.69 Å². The van der Waals surface area contributed by atoms with E-state index in [9.17, 15) is 21.6 Å². The van der Waals surface area contributed by atoms with Crippen LogP contribution >= 0.6 is 34.8 Å². The Hall–Kier alpha value is -3.28. The number of hydrogen-bond donors (Lipinski definition) is 3. The van der Waals surface area contributed by atoms with Gasteiger partial charge in [-0.25, -0.2) is 16.8 Å². The van der Waals surface area contributed by atoms with Crippen LogP contribution in [-0.2, 0) is 20.0 Å². The smallest absolute Gasteiger partial charge is 0.263 e. The second kappa shape index (κ2) is 11.7. The van der Waals surface area contributed by atoms with Crippen molar-refractivity contribution in [3.8, 4) is 0 Å². The van der Waals surface area contributed by atoms with E-state index < -0.39 is 26.0 Å². The minimum atomic E-state index is -4.11. The molecule has 0 aliphatic rings. The van der Waals surface area contributed by atoms with Gasteiger partial charge in [0, 0.05) is 21.3 Å². The second-order valence-corrected chi connectivity index (χ2v) is 13.4. The van der Waals surface area contributed by atoms with Gasteiger partial charge >= 0.3 is 0 Å². The summed E-state index contributed by atoms with van der Waals surface area (Å²) in [6.07, 6.45) is 0. The van der Waals surface area contributed by atoms with Crippen molar-refractivity contribution in [3.63, 3.8) is 0 Å². The lowest BCUT2D eigenvalue weighted by molar-refractivity contribution is 0.102. The number of carbonyl (C=O) groups is 1. The largest absolute Gasteiger partial charge is 0.322 e. The summed E-state index contributed by atoms with van der Waals surface area (Å²) >= 11 is 18.0. The number of anilines is 3. The number of amides is 1. The Morgan fingerprint density at radius 1 is 0.675 bits per heavy atom. The molecule has 4 rings (SSSR count). The molecule has 0 radical (unpaired) electrons. The van der Waals surface area contributed by atoms with E-state index in [-0.39, 0.29) is 41.8 Å². The van der Waals surface area contributed by atoms with Gasteiger partial charge in [-0.1, -0.05) is 52.5 Å². The van der Waals surface area contributed by atoms with Gasteiger partial charge in [0.05, 0.1) is 21.3 Å². The molecule has 4 aromatic rings. The topological polar surface area (TPSA) is 121 Å². The third-order valence-corrected chi connectivity index (χ3v) is 9.33. The van der Waals surface area contributed by atoms with Gasteiger partial charge in [0.15, 0.2) is 0 Å². The number of aryl methyl sites for hydroxylation is 2. The van der Waals surface area contributed by atoms with E-state index in [1.165, 1.54) is 60.7 Å². The molecule has 0 atom stereocenters. The fourth-order valence-corrected chi connectivity index (χ4v) is 6.95. The first-order chi connectivity index (χ1) is 18.7. The predicted octanol–water partition coefficient (Wildman–Crippen LogP) is 7.12. The lowest BCUT2D eigenvalue weighted by atomic mass is 10.1.